The van der Waals surface area contributed by atoms with Gasteiger partial charge in [0.1, 0.15) is 5.56 Å². The predicted octanol–water partition coefficient (Wildman–Crippen LogP) is 2.11. The van der Waals surface area contributed by atoms with Crippen LogP contribution in [0.1, 0.15) is 30.1 Å². The Kier molecular flexibility index (Phi) is 5.92. The van der Waals surface area contributed by atoms with Crippen LogP contribution >= 0.6 is 0 Å². The summed E-state index contributed by atoms with van der Waals surface area (Å²) in [4.78, 5) is 21.0. The van der Waals surface area contributed by atoms with E-state index in [0.29, 0.717) is 18.7 Å². The third-order valence-electron chi connectivity index (χ3n) is 3.13. The molecular weight excluding hydrogens is 264 g/mol. The van der Waals surface area contributed by atoms with Crippen molar-refractivity contribution in [2.45, 2.75) is 19.8 Å². The molecule has 110 valence electrons. The van der Waals surface area contributed by atoms with Crippen LogP contribution in [0.15, 0.2) is 18.2 Å². The zero-order chi connectivity index (χ0) is 15.1. The summed E-state index contributed by atoms with van der Waals surface area (Å²) in [6.45, 7) is 2.66. The number of hydrogen-bond acceptors (Lipinski definition) is 5. The van der Waals surface area contributed by atoms with Gasteiger partial charge in [-0.3, -0.25) is 10.1 Å². The Balaban J connectivity index is 2.84. The summed E-state index contributed by atoms with van der Waals surface area (Å²) in [7, 11) is 0. The molecule has 20 heavy (non-hydrogen) atoms. The maximum atomic E-state index is 10.9. The molecule has 1 atom stereocenters. The Morgan fingerprint density at radius 3 is 2.70 bits per heavy atom. The van der Waals surface area contributed by atoms with Crippen LogP contribution in [0.5, 0.6) is 0 Å². The molecule has 0 spiro atoms. The van der Waals surface area contributed by atoms with Gasteiger partial charge in [0.2, 0.25) is 0 Å². The number of carboxylic acids is 1. The number of nitro benzene ring substituents is 1. The number of rotatable bonds is 8. The van der Waals surface area contributed by atoms with E-state index in [4.69, 9.17) is 10.2 Å². The Labute approximate surface area is 116 Å². The number of hydrogen-bond donors (Lipinski definition) is 3. The molecule has 0 amide bonds. The molecule has 0 fully saturated rings. The average Bonchev–Trinajstić information content (AvgIpc) is 2.42. The third kappa shape index (κ3) is 4.20. The fourth-order valence-electron chi connectivity index (χ4n) is 1.87. The molecule has 0 aliphatic rings. The van der Waals surface area contributed by atoms with Gasteiger partial charge in [-0.15, -0.1) is 0 Å². The van der Waals surface area contributed by atoms with Crippen molar-refractivity contribution in [1.82, 2.24) is 0 Å². The first-order valence-electron chi connectivity index (χ1n) is 6.36. The van der Waals surface area contributed by atoms with Gasteiger partial charge in [-0.1, -0.05) is 13.3 Å². The molecule has 0 radical (unpaired) electrons. The number of benzene rings is 1. The molecule has 3 N–H and O–H groups in total. The van der Waals surface area contributed by atoms with Crippen molar-refractivity contribution in [3.63, 3.8) is 0 Å². The fraction of sp³-hybridized carbons (Fsp3) is 0.462. The van der Waals surface area contributed by atoms with Crippen molar-refractivity contribution in [1.29, 1.82) is 0 Å². The van der Waals surface area contributed by atoms with Crippen molar-refractivity contribution < 1.29 is 19.9 Å². The monoisotopic (exact) mass is 282 g/mol. The molecule has 0 saturated carbocycles. The predicted molar refractivity (Wildman–Crippen MR) is 74.0 cm³/mol. The number of aliphatic hydroxyl groups is 1. The molecule has 1 aromatic rings. The van der Waals surface area contributed by atoms with E-state index in [-0.39, 0.29) is 18.1 Å². The van der Waals surface area contributed by atoms with Gasteiger partial charge in [0.15, 0.2) is 0 Å². The average molecular weight is 282 g/mol. The minimum atomic E-state index is -1.32. The van der Waals surface area contributed by atoms with E-state index in [1.165, 1.54) is 18.2 Å². The van der Waals surface area contributed by atoms with E-state index in [0.717, 1.165) is 6.42 Å². The van der Waals surface area contributed by atoms with E-state index in [1.54, 1.807) is 0 Å². The number of carboxylic acid groups (broad SMARTS) is 1. The molecule has 0 bridgehead atoms. The van der Waals surface area contributed by atoms with Crippen LogP contribution in [0.4, 0.5) is 11.4 Å². The fourth-order valence-corrected chi connectivity index (χ4v) is 1.87. The Morgan fingerprint density at radius 1 is 1.50 bits per heavy atom. The zero-order valence-corrected chi connectivity index (χ0v) is 11.2. The molecule has 0 saturated heterocycles. The second-order valence-corrected chi connectivity index (χ2v) is 4.46. The van der Waals surface area contributed by atoms with Gasteiger partial charge in [-0.25, -0.2) is 4.79 Å². The van der Waals surface area contributed by atoms with Gasteiger partial charge in [-0.2, -0.15) is 0 Å². The van der Waals surface area contributed by atoms with Crippen LogP contribution in [0.3, 0.4) is 0 Å². The smallest absolute Gasteiger partial charge is 0.342 e. The number of aromatic carboxylic acids is 1. The lowest BCUT2D eigenvalue weighted by Crippen LogP contribution is -2.15. The maximum absolute atomic E-state index is 10.9. The highest BCUT2D eigenvalue weighted by Crippen LogP contribution is 2.23. The molecule has 7 heteroatoms. The van der Waals surface area contributed by atoms with Crippen LogP contribution in [-0.2, 0) is 0 Å². The second-order valence-electron chi connectivity index (χ2n) is 4.46. The highest BCUT2D eigenvalue weighted by Gasteiger charge is 2.20. The van der Waals surface area contributed by atoms with Crippen molar-refractivity contribution in [2.75, 3.05) is 18.5 Å². The third-order valence-corrected chi connectivity index (χ3v) is 3.13. The minimum absolute atomic E-state index is 0.0955. The summed E-state index contributed by atoms with van der Waals surface area (Å²) in [6.07, 6.45) is 1.53. The first-order chi connectivity index (χ1) is 9.49. The molecule has 1 aromatic carbocycles. The van der Waals surface area contributed by atoms with Crippen LogP contribution in [0, 0.1) is 16.0 Å². The molecular formula is C13H18N2O5. The van der Waals surface area contributed by atoms with Gasteiger partial charge in [0.25, 0.3) is 5.69 Å². The second kappa shape index (κ2) is 7.44. The highest BCUT2D eigenvalue weighted by molar-refractivity contribution is 5.93. The summed E-state index contributed by atoms with van der Waals surface area (Å²) in [5.41, 5.74) is -0.265. The molecule has 0 heterocycles. The molecule has 0 aliphatic heterocycles. The Bertz CT molecular complexity index is 490. The summed E-state index contributed by atoms with van der Waals surface area (Å²) >= 11 is 0. The molecule has 1 rings (SSSR count). The van der Waals surface area contributed by atoms with Crippen LogP contribution in [-0.4, -0.2) is 34.3 Å². The standard InChI is InChI=1S/C13H18N2O5/c1-2-9(5-6-16)8-14-10-3-4-11(13(17)18)12(7-10)15(19)20/h3-4,7,9,14,16H,2,5-6,8H2,1H3,(H,17,18). The molecule has 0 aliphatic carbocycles. The van der Waals surface area contributed by atoms with E-state index in [9.17, 15) is 14.9 Å². The van der Waals surface area contributed by atoms with Gasteiger partial charge in [-0.05, 0) is 24.5 Å². The lowest BCUT2D eigenvalue weighted by molar-refractivity contribution is -0.385. The van der Waals surface area contributed by atoms with Crippen LogP contribution < -0.4 is 5.32 Å². The van der Waals surface area contributed by atoms with Gasteiger partial charge < -0.3 is 15.5 Å². The van der Waals surface area contributed by atoms with Gasteiger partial charge in [0, 0.05) is 24.9 Å². The normalized spacial score (nSPS) is 11.9. The van der Waals surface area contributed by atoms with Crippen molar-refractivity contribution in [3.05, 3.63) is 33.9 Å². The lowest BCUT2D eigenvalue weighted by Gasteiger charge is -2.15. The zero-order valence-electron chi connectivity index (χ0n) is 11.2. The number of carbonyl (C=O) groups is 1. The largest absolute Gasteiger partial charge is 0.477 e. The van der Waals surface area contributed by atoms with Crippen molar-refractivity contribution >= 4 is 17.3 Å². The van der Waals surface area contributed by atoms with Crippen LogP contribution in [0.2, 0.25) is 0 Å². The molecule has 1 unspecified atom stereocenters. The summed E-state index contributed by atoms with van der Waals surface area (Å²) < 4.78 is 0. The summed E-state index contributed by atoms with van der Waals surface area (Å²) in [6, 6.07) is 3.94. The topological polar surface area (TPSA) is 113 Å². The number of nitrogens with zero attached hydrogens (tertiary/aromatic N) is 1. The minimum Gasteiger partial charge on any atom is -0.477 e. The number of anilines is 1. The Hall–Kier alpha value is -2.15. The van der Waals surface area contributed by atoms with Crippen molar-refractivity contribution in [3.8, 4) is 0 Å². The quantitative estimate of drug-likeness (QED) is 0.497. The van der Waals surface area contributed by atoms with E-state index in [2.05, 4.69) is 5.32 Å². The maximum Gasteiger partial charge on any atom is 0.342 e. The number of aliphatic hydroxyl groups excluding tert-OH is 1. The van der Waals surface area contributed by atoms with Gasteiger partial charge in [0.05, 0.1) is 4.92 Å². The molecule has 0 aromatic heterocycles. The highest BCUT2D eigenvalue weighted by atomic mass is 16.6. The van der Waals surface area contributed by atoms with Crippen molar-refractivity contribution in [2.24, 2.45) is 5.92 Å². The SMILES string of the molecule is CCC(CCO)CNc1ccc(C(=O)O)c([N+](=O)[O-])c1. The van der Waals surface area contributed by atoms with Crippen LogP contribution in [0.25, 0.3) is 0 Å². The number of nitrogens with one attached hydrogen (secondary N) is 1. The van der Waals surface area contributed by atoms with E-state index >= 15 is 0 Å². The summed E-state index contributed by atoms with van der Waals surface area (Å²) in [5.74, 6) is -1.06. The molecule has 7 nitrogen and oxygen atoms in total. The van der Waals surface area contributed by atoms with E-state index < -0.39 is 16.6 Å². The van der Waals surface area contributed by atoms with E-state index in [1.807, 2.05) is 6.92 Å². The first kappa shape index (κ1) is 15.9. The van der Waals surface area contributed by atoms with Gasteiger partial charge >= 0.3 is 5.97 Å². The number of nitro groups is 1. The Morgan fingerprint density at radius 2 is 2.20 bits per heavy atom. The first-order valence-corrected chi connectivity index (χ1v) is 6.36. The lowest BCUT2D eigenvalue weighted by atomic mass is 10.0. The summed E-state index contributed by atoms with van der Waals surface area (Å²) in [5, 5.41) is 31.7.